The summed E-state index contributed by atoms with van der Waals surface area (Å²) in [6.07, 6.45) is 3.48. The molecule has 2 nitrogen and oxygen atoms in total. The van der Waals surface area contributed by atoms with Crippen molar-refractivity contribution in [2.75, 3.05) is 13.2 Å². The highest BCUT2D eigenvalue weighted by Gasteiger charge is 2.35. The predicted molar refractivity (Wildman–Crippen MR) is 66.5 cm³/mol. The molecule has 0 aromatic heterocycles. The molecule has 0 unspecified atom stereocenters. The molecule has 1 aromatic rings. The molecule has 88 valence electrons. The van der Waals surface area contributed by atoms with Gasteiger partial charge in [-0.25, -0.2) is 0 Å². The molecule has 2 N–H and O–H groups in total. The number of benzene rings is 1. The molecule has 0 spiro atoms. The Kier molecular flexibility index (Phi) is 3.62. The summed E-state index contributed by atoms with van der Waals surface area (Å²) in [6, 6.07) is 10.5. The summed E-state index contributed by atoms with van der Waals surface area (Å²) < 4.78 is 0. The summed E-state index contributed by atoms with van der Waals surface area (Å²) in [4.78, 5) is 0. The summed E-state index contributed by atoms with van der Waals surface area (Å²) in [6.45, 7) is 3.45. The second-order valence-electron chi connectivity index (χ2n) is 4.98. The zero-order valence-corrected chi connectivity index (χ0v) is 9.95. The second kappa shape index (κ2) is 4.98. The predicted octanol–water partition coefficient (Wildman–Crippen LogP) is 2.29. The van der Waals surface area contributed by atoms with E-state index >= 15 is 0 Å². The molecule has 0 aliphatic heterocycles. The molecule has 0 saturated heterocycles. The minimum absolute atomic E-state index is 0.0308. The van der Waals surface area contributed by atoms with Crippen molar-refractivity contribution < 1.29 is 5.11 Å². The fraction of sp³-hybridized carbons (Fsp3) is 0.571. The molecule has 0 heterocycles. The highest BCUT2D eigenvalue weighted by atomic mass is 16.3. The van der Waals surface area contributed by atoms with Crippen LogP contribution in [0.3, 0.4) is 0 Å². The number of rotatable bonds is 5. The zero-order valence-electron chi connectivity index (χ0n) is 9.95. The molecule has 1 saturated carbocycles. The maximum Gasteiger partial charge on any atom is 0.0613 e. The molecule has 1 fully saturated rings. The average molecular weight is 219 g/mol. The van der Waals surface area contributed by atoms with E-state index in [9.17, 15) is 5.11 Å². The van der Waals surface area contributed by atoms with Crippen molar-refractivity contribution in [3.8, 4) is 0 Å². The van der Waals surface area contributed by atoms with Crippen LogP contribution in [-0.4, -0.2) is 23.8 Å². The first kappa shape index (κ1) is 11.6. The molecule has 1 aliphatic carbocycles. The number of aliphatic hydroxyl groups is 1. The third kappa shape index (κ3) is 2.45. The molecule has 0 radical (unpaired) electrons. The lowest BCUT2D eigenvalue weighted by atomic mass is 9.77. The summed E-state index contributed by atoms with van der Waals surface area (Å²) >= 11 is 0. The van der Waals surface area contributed by atoms with E-state index in [-0.39, 0.29) is 12.1 Å². The van der Waals surface area contributed by atoms with E-state index in [0.717, 1.165) is 19.4 Å². The highest BCUT2D eigenvalue weighted by Crippen LogP contribution is 2.31. The van der Waals surface area contributed by atoms with Crippen molar-refractivity contribution in [1.29, 1.82) is 0 Å². The van der Waals surface area contributed by atoms with Gasteiger partial charge in [0.2, 0.25) is 0 Å². The van der Waals surface area contributed by atoms with Crippen molar-refractivity contribution in [1.82, 2.24) is 5.32 Å². The Morgan fingerprint density at radius 1 is 1.31 bits per heavy atom. The van der Waals surface area contributed by atoms with Gasteiger partial charge in [0.15, 0.2) is 0 Å². The van der Waals surface area contributed by atoms with Crippen LogP contribution in [0, 0.1) is 0 Å². The minimum Gasteiger partial charge on any atom is -0.394 e. The van der Waals surface area contributed by atoms with Crippen LogP contribution in [0.15, 0.2) is 30.3 Å². The van der Waals surface area contributed by atoms with Crippen molar-refractivity contribution in [3.05, 3.63) is 35.9 Å². The summed E-state index contributed by atoms with van der Waals surface area (Å²) in [7, 11) is 0. The lowest BCUT2D eigenvalue weighted by Crippen LogP contribution is -2.54. The SMILES string of the molecule is C[C@@H](CNC1(CO)CCC1)c1ccccc1. The molecule has 0 amide bonds. The Hall–Kier alpha value is -0.860. The third-order valence-electron chi connectivity index (χ3n) is 3.77. The van der Waals surface area contributed by atoms with Crippen molar-refractivity contribution in [2.45, 2.75) is 37.6 Å². The average Bonchev–Trinajstić information content (AvgIpc) is 2.29. The van der Waals surface area contributed by atoms with Gasteiger partial charge in [0, 0.05) is 12.1 Å². The second-order valence-corrected chi connectivity index (χ2v) is 4.98. The molecular weight excluding hydrogens is 198 g/mol. The maximum absolute atomic E-state index is 9.36. The van der Waals surface area contributed by atoms with Gasteiger partial charge in [-0.05, 0) is 30.7 Å². The first-order chi connectivity index (χ1) is 7.76. The molecule has 16 heavy (non-hydrogen) atoms. The topological polar surface area (TPSA) is 32.3 Å². The molecular formula is C14H21NO. The molecule has 2 rings (SSSR count). The number of hydrogen-bond donors (Lipinski definition) is 2. The smallest absolute Gasteiger partial charge is 0.0613 e. The third-order valence-corrected chi connectivity index (χ3v) is 3.77. The van der Waals surface area contributed by atoms with Crippen LogP contribution in [0.1, 0.15) is 37.7 Å². The van der Waals surface area contributed by atoms with E-state index in [0.29, 0.717) is 5.92 Å². The Morgan fingerprint density at radius 2 is 2.00 bits per heavy atom. The minimum atomic E-state index is 0.0308. The Labute approximate surface area is 97.7 Å². The van der Waals surface area contributed by atoms with Gasteiger partial charge in [0.25, 0.3) is 0 Å². The monoisotopic (exact) mass is 219 g/mol. The van der Waals surface area contributed by atoms with Gasteiger partial charge >= 0.3 is 0 Å². The molecule has 1 atom stereocenters. The van der Waals surface area contributed by atoms with E-state index < -0.39 is 0 Å². The van der Waals surface area contributed by atoms with Crippen molar-refractivity contribution >= 4 is 0 Å². The van der Waals surface area contributed by atoms with Crippen LogP contribution in [0.25, 0.3) is 0 Å². The van der Waals surface area contributed by atoms with Gasteiger partial charge in [0.05, 0.1) is 6.61 Å². The Balaban J connectivity index is 1.86. The van der Waals surface area contributed by atoms with Gasteiger partial charge < -0.3 is 10.4 Å². The summed E-state index contributed by atoms with van der Waals surface area (Å²) in [5.74, 6) is 0.505. The maximum atomic E-state index is 9.36. The van der Waals surface area contributed by atoms with Crippen LogP contribution in [0.2, 0.25) is 0 Å². The zero-order chi connectivity index (χ0) is 11.4. The van der Waals surface area contributed by atoms with Crippen LogP contribution in [0.5, 0.6) is 0 Å². The first-order valence-corrected chi connectivity index (χ1v) is 6.17. The molecule has 0 bridgehead atoms. The number of nitrogens with one attached hydrogen (secondary N) is 1. The van der Waals surface area contributed by atoms with Gasteiger partial charge in [0.1, 0.15) is 0 Å². The van der Waals surface area contributed by atoms with E-state index in [1.807, 2.05) is 6.07 Å². The molecule has 1 aromatic carbocycles. The normalized spacial score (nSPS) is 20.1. The standard InChI is InChI=1S/C14H21NO/c1-12(13-6-3-2-4-7-13)10-15-14(11-16)8-5-9-14/h2-4,6-7,12,15-16H,5,8-11H2,1H3/t12-/m0/s1. The Bertz CT molecular complexity index is 313. The fourth-order valence-corrected chi connectivity index (χ4v) is 2.26. The van der Waals surface area contributed by atoms with Gasteiger partial charge in [-0.2, -0.15) is 0 Å². The number of hydrogen-bond acceptors (Lipinski definition) is 2. The van der Waals surface area contributed by atoms with Gasteiger partial charge in [-0.3, -0.25) is 0 Å². The lowest BCUT2D eigenvalue weighted by molar-refractivity contribution is 0.0878. The van der Waals surface area contributed by atoms with Gasteiger partial charge in [-0.1, -0.05) is 37.3 Å². The van der Waals surface area contributed by atoms with E-state index in [2.05, 4.69) is 36.5 Å². The van der Waals surface area contributed by atoms with Crippen LogP contribution < -0.4 is 5.32 Å². The number of aliphatic hydroxyl groups excluding tert-OH is 1. The van der Waals surface area contributed by atoms with Crippen LogP contribution >= 0.6 is 0 Å². The quantitative estimate of drug-likeness (QED) is 0.796. The lowest BCUT2D eigenvalue weighted by Gasteiger charge is -2.42. The highest BCUT2D eigenvalue weighted by molar-refractivity contribution is 5.19. The van der Waals surface area contributed by atoms with E-state index in [1.165, 1.54) is 12.0 Å². The fourth-order valence-electron chi connectivity index (χ4n) is 2.26. The van der Waals surface area contributed by atoms with Crippen LogP contribution in [0.4, 0.5) is 0 Å². The summed E-state index contributed by atoms with van der Waals surface area (Å²) in [5, 5.41) is 12.9. The van der Waals surface area contributed by atoms with Gasteiger partial charge in [-0.15, -0.1) is 0 Å². The molecule has 2 heteroatoms. The first-order valence-electron chi connectivity index (χ1n) is 6.17. The van der Waals surface area contributed by atoms with E-state index in [4.69, 9.17) is 0 Å². The Morgan fingerprint density at radius 3 is 2.50 bits per heavy atom. The molecule has 1 aliphatic rings. The largest absolute Gasteiger partial charge is 0.394 e. The summed E-state index contributed by atoms with van der Waals surface area (Å²) in [5.41, 5.74) is 1.39. The van der Waals surface area contributed by atoms with Crippen molar-refractivity contribution in [2.24, 2.45) is 0 Å². The van der Waals surface area contributed by atoms with Crippen LogP contribution in [-0.2, 0) is 0 Å². The van der Waals surface area contributed by atoms with Crippen molar-refractivity contribution in [3.63, 3.8) is 0 Å². The van der Waals surface area contributed by atoms with E-state index in [1.54, 1.807) is 0 Å².